The topological polar surface area (TPSA) is 89.3 Å². The lowest BCUT2D eigenvalue weighted by atomic mass is 9.76. The van der Waals surface area contributed by atoms with Gasteiger partial charge in [-0.25, -0.2) is 0 Å². The molecule has 1 saturated carbocycles. The molecular formula is C8H16N2O2. The van der Waals surface area contributed by atoms with Gasteiger partial charge in [-0.3, -0.25) is 4.79 Å². The van der Waals surface area contributed by atoms with Crippen LogP contribution in [0.4, 0.5) is 0 Å². The Balaban J connectivity index is 2.59. The van der Waals surface area contributed by atoms with Gasteiger partial charge in [0, 0.05) is 11.6 Å². The second-order valence-electron chi connectivity index (χ2n) is 3.66. The first-order chi connectivity index (χ1) is 5.54. The Morgan fingerprint density at radius 3 is 2.75 bits per heavy atom. The van der Waals surface area contributed by atoms with Gasteiger partial charge in [0.15, 0.2) is 0 Å². The molecule has 12 heavy (non-hydrogen) atoms. The van der Waals surface area contributed by atoms with E-state index < -0.39 is 11.5 Å². The summed E-state index contributed by atoms with van der Waals surface area (Å²) in [6.45, 7) is 0. The van der Waals surface area contributed by atoms with Crippen LogP contribution in [-0.2, 0) is 4.79 Å². The monoisotopic (exact) mass is 172 g/mol. The van der Waals surface area contributed by atoms with Crippen molar-refractivity contribution in [2.45, 2.75) is 43.7 Å². The number of rotatable bonds is 2. The number of carbonyl (C=O) groups is 1. The maximum absolute atomic E-state index is 10.5. The van der Waals surface area contributed by atoms with Crippen LogP contribution in [0.15, 0.2) is 0 Å². The Morgan fingerprint density at radius 2 is 2.25 bits per heavy atom. The molecule has 0 spiro atoms. The van der Waals surface area contributed by atoms with E-state index >= 15 is 0 Å². The number of carboxylic acid groups (broad SMARTS) is 1. The Morgan fingerprint density at radius 1 is 1.58 bits per heavy atom. The molecule has 0 bridgehead atoms. The molecule has 1 fully saturated rings. The molecule has 0 saturated heterocycles. The van der Waals surface area contributed by atoms with Gasteiger partial charge in [0.05, 0.1) is 6.42 Å². The van der Waals surface area contributed by atoms with Crippen LogP contribution in [0.2, 0.25) is 0 Å². The largest absolute Gasteiger partial charge is 0.481 e. The predicted octanol–water partition coefficient (Wildman–Crippen LogP) is 0.0599. The van der Waals surface area contributed by atoms with E-state index in [1.165, 1.54) is 0 Å². The second kappa shape index (κ2) is 3.41. The Hall–Kier alpha value is -0.610. The summed E-state index contributed by atoms with van der Waals surface area (Å²) in [4.78, 5) is 10.5. The van der Waals surface area contributed by atoms with Crippen LogP contribution in [0.1, 0.15) is 32.1 Å². The maximum Gasteiger partial charge on any atom is 0.305 e. The Kier molecular flexibility index (Phi) is 2.69. The molecule has 70 valence electrons. The van der Waals surface area contributed by atoms with Crippen LogP contribution >= 0.6 is 0 Å². The standard InChI is InChI=1S/C8H16N2O2/c9-6-3-1-2-4-8(6,10)5-7(11)12/h6H,1-5,9-10H2,(H,11,12). The lowest BCUT2D eigenvalue weighted by Gasteiger charge is -2.37. The molecule has 2 atom stereocenters. The quantitative estimate of drug-likeness (QED) is 0.549. The highest BCUT2D eigenvalue weighted by Crippen LogP contribution is 2.27. The maximum atomic E-state index is 10.5. The van der Waals surface area contributed by atoms with E-state index in [4.69, 9.17) is 16.6 Å². The molecule has 4 nitrogen and oxygen atoms in total. The third-order valence-electron chi connectivity index (χ3n) is 2.63. The van der Waals surface area contributed by atoms with Gasteiger partial charge in [-0.2, -0.15) is 0 Å². The molecule has 0 heterocycles. The first-order valence-corrected chi connectivity index (χ1v) is 4.31. The molecule has 0 amide bonds. The number of hydrogen-bond donors (Lipinski definition) is 3. The molecule has 0 radical (unpaired) electrons. The van der Waals surface area contributed by atoms with E-state index in [-0.39, 0.29) is 12.5 Å². The number of carboxylic acids is 1. The van der Waals surface area contributed by atoms with Crippen LogP contribution in [0.25, 0.3) is 0 Å². The minimum absolute atomic E-state index is 0.00579. The molecule has 1 aliphatic carbocycles. The summed E-state index contributed by atoms with van der Waals surface area (Å²) in [5, 5.41) is 8.61. The molecule has 1 rings (SSSR count). The van der Waals surface area contributed by atoms with E-state index in [2.05, 4.69) is 0 Å². The number of nitrogens with two attached hydrogens (primary N) is 2. The first kappa shape index (κ1) is 9.48. The van der Waals surface area contributed by atoms with E-state index in [1.807, 2.05) is 0 Å². The van der Waals surface area contributed by atoms with Crippen molar-refractivity contribution in [2.24, 2.45) is 11.5 Å². The fourth-order valence-electron chi connectivity index (χ4n) is 1.79. The SMILES string of the molecule is NC1CCCCC1(N)CC(=O)O. The fourth-order valence-corrected chi connectivity index (χ4v) is 1.79. The van der Waals surface area contributed by atoms with Gasteiger partial charge < -0.3 is 16.6 Å². The van der Waals surface area contributed by atoms with E-state index in [9.17, 15) is 4.79 Å². The fraction of sp³-hybridized carbons (Fsp3) is 0.875. The molecular weight excluding hydrogens is 156 g/mol. The predicted molar refractivity (Wildman–Crippen MR) is 45.6 cm³/mol. The van der Waals surface area contributed by atoms with Crippen molar-refractivity contribution in [1.82, 2.24) is 0 Å². The molecule has 4 heteroatoms. The average molecular weight is 172 g/mol. The van der Waals surface area contributed by atoms with Gasteiger partial charge in [-0.05, 0) is 12.8 Å². The van der Waals surface area contributed by atoms with Crippen LogP contribution in [-0.4, -0.2) is 22.7 Å². The molecule has 0 aromatic rings. The summed E-state index contributed by atoms with van der Waals surface area (Å²) in [6, 6.07) is -0.151. The third kappa shape index (κ3) is 1.95. The first-order valence-electron chi connectivity index (χ1n) is 4.31. The highest BCUT2D eigenvalue weighted by Gasteiger charge is 2.36. The van der Waals surface area contributed by atoms with Crippen LogP contribution < -0.4 is 11.5 Å². The summed E-state index contributed by atoms with van der Waals surface area (Å²) in [5.74, 6) is -0.852. The molecule has 0 aromatic carbocycles. The third-order valence-corrected chi connectivity index (χ3v) is 2.63. The normalized spacial score (nSPS) is 36.3. The minimum Gasteiger partial charge on any atom is -0.481 e. The van der Waals surface area contributed by atoms with Crippen molar-refractivity contribution < 1.29 is 9.90 Å². The molecule has 1 aliphatic rings. The van der Waals surface area contributed by atoms with Crippen molar-refractivity contribution in [1.29, 1.82) is 0 Å². The van der Waals surface area contributed by atoms with Crippen molar-refractivity contribution in [3.63, 3.8) is 0 Å². The lowest BCUT2D eigenvalue weighted by Crippen LogP contribution is -2.58. The lowest BCUT2D eigenvalue weighted by molar-refractivity contribution is -0.138. The summed E-state index contributed by atoms with van der Waals surface area (Å²) in [7, 11) is 0. The molecule has 2 unspecified atom stereocenters. The highest BCUT2D eigenvalue weighted by atomic mass is 16.4. The van der Waals surface area contributed by atoms with Gasteiger partial charge in [-0.1, -0.05) is 12.8 Å². The van der Waals surface area contributed by atoms with Crippen molar-refractivity contribution in [3.8, 4) is 0 Å². The molecule has 0 aliphatic heterocycles. The smallest absolute Gasteiger partial charge is 0.305 e. The average Bonchev–Trinajstić information content (AvgIpc) is 1.94. The Labute approximate surface area is 71.9 Å². The second-order valence-corrected chi connectivity index (χ2v) is 3.66. The van der Waals surface area contributed by atoms with Crippen LogP contribution in [0.5, 0.6) is 0 Å². The van der Waals surface area contributed by atoms with Gasteiger partial charge in [-0.15, -0.1) is 0 Å². The highest BCUT2D eigenvalue weighted by molar-refractivity contribution is 5.68. The molecule has 0 aromatic heterocycles. The summed E-state index contributed by atoms with van der Waals surface area (Å²) in [5.41, 5.74) is 11.0. The summed E-state index contributed by atoms with van der Waals surface area (Å²) >= 11 is 0. The van der Waals surface area contributed by atoms with Crippen molar-refractivity contribution in [3.05, 3.63) is 0 Å². The van der Waals surface area contributed by atoms with Crippen LogP contribution in [0, 0.1) is 0 Å². The van der Waals surface area contributed by atoms with E-state index in [1.54, 1.807) is 0 Å². The summed E-state index contributed by atoms with van der Waals surface area (Å²) in [6.07, 6.45) is 3.65. The van der Waals surface area contributed by atoms with Gasteiger partial charge in [0.25, 0.3) is 0 Å². The Bertz CT molecular complexity index is 184. The van der Waals surface area contributed by atoms with E-state index in [0.717, 1.165) is 25.7 Å². The van der Waals surface area contributed by atoms with Gasteiger partial charge in [0.1, 0.15) is 0 Å². The zero-order valence-electron chi connectivity index (χ0n) is 7.12. The number of hydrogen-bond acceptors (Lipinski definition) is 3. The van der Waals surface area contributed by atoms with Gasteiger partial charge in [0.2, 0.25) is 0 Å². The minimum atomic E-state index is -0.852. The van der Waals surface area contributed by atoms with Crippen molar-refractivity contribution in [2.75, 3.05) is 0 Å². The zero-order chi connectivity index (χ0) is 9.19. The van der Waals surface area contributed by atoms with Crippen LogP contribution in [0.3, 0.4) is 0 Å². The zero-order valence-corrected chi connectivity index (χ0v) is 7.12. The summed E-state index contributed by atoms with van der Waals surface area (Å²) < 4.78 is 0. The number of aliphatic carboxylic acids is 1. The molecule has 5 N–H and O–H groups in total. The van der Waals surface area contributed by atoms with Gasteiger partial charge >= 0.3 is 5.97 Å². The van der Waals surface area contributed by atoms with Crippen molar-refractivity contribution >= 4 is 5.97 Å². The van der Waals surface area contributed by atoms with E-state index in [0.29, 0.717) is 0 Å².